The van der Waals surface area contributed by atoms with E-state index in [0.29, 0.717) is 5.75 Å². The number of hydrogen-bond donors (Lipinski definition) is 1. The minimum atomic E-state index is -0.864. The number of hydrogen-bond acceptors (Lipinski definition) is 3. The van der Waals surface area contributed by atoms with Crippen molar-refractivity contribution in [3.8, 4) is 5.75 Å². The Morgan fingerprint density at radius 1 is 1.32 bits per heavy atom. The molecule has 0 radical (unpaired) electrons. The molecular formula is C15H26N2O2. The van der Waals surface area contributed by atoms with Gasteiger partial charge in [0.15, 0.2) is 5.75 Å². The van der Waals surface area contributed by atoms with Crippen LogP contribution in [-0.4, -0.2) is 22.0 Å². The molecule has 0 spiro atoms. The summed E-state index contributed by atoms with van der Waals surface area (Å²) in [6.07, 6.45) is 5.74. The molecule has 0 saturated heterocycles. The highest BCUT2D eigenvalue weighted by Crippen LogP contribution is 2.52. The van der Waals surface area contributed by atoms with Gasteiger partial charge in [-0.3, -0.25) is 4.68 Å². The average Bonchev–Trinajstić information content (AvgIpc) is 2.77. The summed E-state index contributed by atoms with van der Waals surface area (Å²) in [5.41, 5.74) is -0.183. The van der Waals surface area contributed by atoms with Gasteiger partial charge in [0.05, 0.1) is 13.3 Å². The molecule has 19 heavy (non-hydrogen) atoms. The Hall–Kier alpha value is -1.03. The van der Waals surface area contributed by atoms with Crippen LogP contribution in [0, 0.1) is 5.41 Å². The predicted octanol–water partition coefficient (Wildman–Crippen LogP) is 3.26. The first-order valence-electron chi connectivity index (χ1n) is 7.18. The van der Waals surface area contributed by atoms with Crippen LogP contribution in [0.4, 0.5) is 0 Å². The van der Waals surface area contributed by atoms with Gasteiger partial charge in [-0.1, -0.05) is 26.7 Å². The maximum absolute atomic E-state index is 11.4. The van der Waals surface area contributed by atoms with Crippen LogP contribution >= 0.6 is 0 Å². The van der Waals surface area contributed by atoms with Gasteiger partial charge in [-0.25, -0.2) is 0 Å². The maximum Gasteiger partial charge on any atom is 0.162 e. The molecule has 1 aromatic rings. The van der Waals surface area contributed by atoms with Crippen molar-refractivity contribution in [2.24, 2.45) is 5.41 Å². The lowest BCUT2D eigenvalue weighted by Crippen LogP contribution is -2.46. The molecule has 4 heteroatoms. The molecule has 4 nitrogen and oxygen atoms in total. The van der Waals surface area contributed by atoms with E-state index in [0.717, 1.165) is 25.0 Å². The van der Waals surface area contributed by atoms with Gasteiger partial charge in [0.2, 0.25) is 0 Å². The molecule has 1 unspecified atom stereocenters. The predicted molar refractivity (Wildman–Crippen MR) is 75.3 cm³/mol. The lowest BCUT2D eigenvalue weighted by Gasteiger charge is -2.47. The highest BCUT2D eigenvalue weighted by Gasteiger charge is 2.50. The summed E-state index contributed by atoms with van der Waals surface area (Å²) < 4.78 is 7.35. The van der Waals surface area contributed by atoms with Crippen molar-refractivity contribution in [1.29, 1.82) is 0 Å². The third kappa shape index (κ3) is 2.16. The summed E-state index contributed by atoms with van der Waals surface area (Å²) in [5.74, 6) is 0.700. The van der Waals surface area contributed by atoms with E-state index in [4.69, 9.17) is 4.74 Å². The van der Waals surface area contributed by atoms with Crippen LogP contribution in [-0.2, 0) is 5.60 Å². The molecule has 1 saturated carbocycles. The van der Waals surface area contributed by atoms with E-state index in [2.05, 4.69) is 32.8 Å². The fourth-order valence-corrected chi connectivity index (χ4v) is 3.21. The van der Waals surface area contributed by atoms with Crippen molar-refractivity contribution in [3.05, 3.63) is 11.9 Å². The summed E-state index contributed by atoms with van der Waals surface area (Å²) >= 11 is 0. The summed E-state index contributed by atoms with van der Waals surface area (Å²) in [7, 11) is 1.64. The molecular weight excluding hydrogens is 240 g/mol. The minimum Gasteiger partial charge on any atom is -0.493 e. The van der Waals surface area contributed by atoms with Crippen LogP contribution < -0.4 is 4.74 Å². The van der Waals surface area contributed by atoms with Gasteiger partial charge >= 0.3 is 0 Å². The zero-order valence-electron chi connectivity index (χ0n) is 12.7. The zero-order chi connectivity index (χ0) is 14.3. The summed E-state index contributed by atoms with van der Waals surface area (Å²) in [4.78, 5) is 0. The summed E-state index contributed by atoms with van der Waals surface area (Å²) in [6.45, 7) is 8.44. The highest BCUT2D eigenvalue weighted by molar-refractivity contribution is 5.33. The van der Waals surface area contributed by atoms with Gasteiger partial charge in [0.1, 0.15) is 11.3 Å². The van der Waals surface area contributed by atoms with Gasteiger partial charge in [-0.05, 0) is 32.1 Å². The molecule has 1 atom stereocenters. The number of methoxy groups -OCH3 is 1. The number of aliphatic hydroxyl groups is 1. The molecule has 1 aliphatic rings. The SMILES string of the molecule is COc1cnn(C(C)C)c1C1(O)CCCCC1(C)C. The van der Waals surface area contributed by atoms with Crippen molar-refractivity contribution in [1.82, 2.24) is 9.78 Å². The van der Waals surface area contributed by atoms with E-state index in [-0.39, 0.29) is 11.5 Å². The average molecular weight is 266 g/mol. The third-order valence-corrected chi connectivity index (χ3v) is 4.57. The number of aromatic nitrogens is 2. The van der Waals surface area contributed by atoms with E-state index in [1.54, 1.807) is 13.3 Å². The topological polar surface area (TPSA) is 47.3 Å². The lowest BCUT2D eigenvalue weighted by molar-refractivity contribution is -0.111. The molecule has 1 N–H and O–H groups in total. The smallest absolute Gasteiger partial charge is 0.162 e. The standard InChI is InChI=1S/C15H26N2O2/c1-11(2)17-13(12(19-5)10-16-17)15(18)9-7-6-8-14(15,3)4/h10-11,18H,6-9H2,1-5H3. The fourth-order valence-electron chi connectivity index (χ4n) is 3.21. The zero-order valence-corrected chi connectivity index (χ0v) is 12.7. The molecule has 0 amide bonds. The second-order valence-corrected chi connectivity index (χ2v) is 6.55. The van der Waals surface area contributed by atoms with Gasteiger partial charge in [-0.15, -0.1) is 0 Å². The largest absolute Gasteiger partial charge is 0.493 e. The Balaban J connectivity index is 2.58. The van der Waals surface area contributed by atoms with Crippen LogP contribution in [0.2, 0.25) is 0 Å². The highest BCUT2D eigenvalue weighted by atomic mass is 16.5. The van der Waals surface area contributed by atoms with Crippen molar-refractivity contribution < 1.29 is 9.84 Å². The molecule has 108 valence electrons. The maximum atomic E-state index is 11.4. The molecule has 1 fully saturated rings. The summed E-state index contributed by atoms with van der Waals surface area (Å²) in [6, 6.07) is 0.209. The van der Waals surface area contributed by atoms with Crippen molar-refractivity contribution in [2.75, 3.05) is 7.11 Å². The molecule has 1 heterocycles. The van der Waals surface area contributed by atoms with Crippen LogP contribution in [0.25, 0.3) is 0 Å². The first kappa shape index (κ1) is 14.4. The van der Waals surface area contributed by atoms with Gasteiger partial charge in [0, 0.05) is 6.04 Å². The molecule has 0 aliphatic heterocycles. The quantitative estimate of drug-likeness (QED) is 0.913. The number of rotatable bonds is 3. The molecule has 1 aromatic heterocycles. The Morgan fingerprint density at radius 3 is 2.47 bits per heavy atom. The van der Waals surface area contributed by atoms with Crippen LogP contribution in [0.1, 0.15) is 65.1 Å². The Kier molecular flexibility index (Phi) is 3.65. The normalized spacial score (nSPS) is 26.7. The van der Waals surface area contributed by atoms with Crippen molar-refractivity contribution >= 4 is 0 Å². The third-order valence-electron chi connectivity index (χ3n) is 4.57. The van der Waals surface area contributed by atoms with Crippen molar-refractivity contribution in [2.45, 2.75) is 65.0 Å². The summed E-state index contributed by atoms with van der Waals surface area (Å²) in [5, 5.41) is 15.8. The molecule has 0 bridgehead atoms. The number of ether oxygens (including phenoxy) is 1. The van der Waals surface area contributed by atoms with Crippen molar-refractivity contribution in [3.63, 3.8) is 0 Å². The van der Waals surface area contributed by atoms with Gasteiger partial charge in [-0.2, -0.15) is 5.10 Å². The van der Waals surface area contributed by atoms with E-state index in [1.165, 1.54) is 6.42 Å². The Morgan fingerprint density at radius 2 is 1.95 bits per heavy atom. The second-order valence-electron chi connectivity index (χ2n) is 6.55. The minimum absolute atomic E-state index is 0.162. The molecule has 2 rings (SSSR count). The molecule has 1 aliphatic carbocycles. The van der Waals surface area contributed by atoms with Crippen LogP contribution in [0.5, 0.6) is 5.75 Å². The van der Waals surface area contributed by atoms with E-state index in [1.807, 2.05) is 4.68 Å². The lowest BCUT2D eigenvalue weighted by atomic mass is 9.64. The van der Waals surface area contributed by atoms with E-state index in [9.17, 15) is 5.11 Å². The first-order valence-corrected chi connectivity index (χ1v) is 7.18. The Bertz CT molecular complexity index is 451. The fraction of sp³-hybridized carbons (Fsp3) is 0.800. The monoisotopic (exact) mass is 266 g/mol. The van der Waals surface area contributed by atoms with E-state index >= 15 is 0 Å². The molecule has 0 aromatic carbocycles. The van der Waals surface area contributed by atoms with Crippen LogP contribution in [0.15, 0.2) is 6.20 Å². The van der Waals surface area contributed by atoms with Gasteiger partial charge in [0.25, 0.3) is 0 Å². The first-order chi connectivity index (χ1) is 8.83. The van der Waals surface area contributed by atoms with Gasteiger partial charge < -0.3 is 9.84 Å². The second kappa shape index (κ2) is 4.82. The van der Waals surface area contributed by atoms with Crippen LogP contribution in [0.3, 0.4) is 0 Å². The Labute approximate surface area is 115 Å². The number of nitrogens with zero attached hydrogens (tertiary/aromatic N) is 2. The van der Waals surface area contributed by atoms with E-state index < -0.39 is 5.60 Å².